The van der Waals surface area contributed by atoms with Crippen molar-refractivity contribution in [1.29, 1.82) is 0 Å². The first kappa shape index (κ1) is 10.5. The maximum Gasteiger partial charge on any atom is 0.162 e. The second-order valence-electron chi connectivity index (χ2n) is 3.47. The standard InChI is InChI=1S/C10H15ClN2/c1-13(2)10(7-12)8-3-5-9(11)6-4-8/h3-6,10H,7,12H2,1-2H3/p+2/t10-/m0/s1. The minimum atomic E-state index is 0.470. The van der Waals surface area contributed by atoms with E-state index in [-0.39, 0.29) is 0 Å². The number of likely N-dealkylation sites (N-methyl/N-ethyl adjacent to an activating group) is 1. The molecule has 3 heteroatoms. The molecule has 0 aliphatic heterocycles. The van der Waals surface area contributed by atoms with Crippen molar-refractivity contribution in [3.8, 4) is 0 Å². The van der Waals surface area contributed by atoms with Gasteiger partial charge in [0.15, 0.2) is 6.04 Å². The van der Waals surface area contributed by atoms with Gasteiger partial charge < -0.3 is 10.6 Å². The molecule has 4 N–H and O–H groups in total. The van der Waals surface area contributed by atoms with Crippen molar-refractivity contribution in [3.63, 3.8) is 0 Å². The van der Waals surface area contributed by atoms with Crippen molar-refractivity contribution < 1.29 is 10.6 Å². The van der Waals surface area contributed by atoms with E-state index in [1.807, 2.05) is 12.1 Å². The lowest BCUT2D eigenvalue weighted by atomic mass is 10.1. The summed E-state index contributed by atoms with van der Waals surface area (Å²) in [5, 5.41) is 0.792. The van der Waals surface area contributed by atoms with Crippen molar-refractivity contribution in [2.45, 2.75) is 6.04 Å². The number of hydrogen-bond donors (Lipinski definition) is 2. The highest BCUT2D eigenvalue weighted by Gasteiger charge is 2.16. The molecule has 1 aromatic carbocycles. The average Bonchev–Trinajstić information content (AvgIpc) is 2.09. The van der Waals surface area contributed by atoms with Gasteiger partial charge in [0.1, 0.15) is 6.54 Å². The lowest BCUT2D eigenvalue weighted by Gasteiger charge is -2.18. The van der Waals surface area contributed by atoms with E-state index >= 15 is 0 Å². The molecule has 1 rings (SSSR count). The molecule has 0 amide bonds. The molecule has 0 bridgehead atoms. The second-order valence-corrected chi connectivity index (χ2v) is 3.91. The fourth-order valence-corrected chi connectivity index (χ4v) is 1.61. The van der Waals surface area contributed by atoms with E-state index in [0.717, 1.165) is 11.6 Å². The molecule has 1 aromatic rings. The first-order valence-corrected chi connectivity index (χ1v) is 4.87. The Morgan fingerprint density at radius 2 is 1.85 bits per heavy atom. The van der Waals surface area contributed by atoms with Gasteiger partial charge in [-0.2, -0.15) is 0 Å². The van der Waals surface area contributed by atoms with Crippen LogP contribution in [0.1, 0.15) is 11.6 Å². The third-order valence-electron chi connectivity index (χ3n) is 2.26. The highest BCUT2D eigenvalue weighted by Crippen LogP contribution is 2.13. The summed E-state index contributed by atoms with van der Waals surface area (Å²) in [6.07, 6.45) is 0. The Bertz CT molecular complexity index is 256. The molecule has 0 aliphatic carbocycles. The zero-order chi connectivity index (χ0) is 9.84. The monoisotopic (exact) mass is 200 g/mol. The van der Waals surface area contributed by atoms with Crippen molar-refractivity contribution >= 4 is 11.6 Å². The topological polar surface area (TPSA) is 32.1 Å². The summed E-state index contributed by atoms with van der Waals surface area (Å²) in [7, 11) is 4.29. The first-order chi connectivity index (χ1) is 6.15. The summed E-state index contributed by atoms with van der Waals surface area (Å²) < 4.78 is 0. The van der Waals surface area contributed by atoms with Gasteiger partial charge in [-0.05, 0) is 12.1 Å². The number of hydrogen-bond acceptors (Lipinski definition) is 0. The fraction of sp³-hybridized carbons (Fsp3) is 0.400. The first-order valence-electron chi connectivity index (χ1n) is 4.50. The van der Waals surface area contributed by atoms with Crippen LogP contribution in [0.25, 0.3) is 0 Å². The number of benzene rings is 1. The van der Waals surface area contributed by atoms with Crippen LogP contribution in [0.4, 0.5) is 0 Å². The summed E-state index contributed by atoms with van der Waals surface area (Å²) in [6, 6.07) is 8.48. The van der Waals surface area contributed by atoms with Crippen molar-refractivity contribution in [2.75, 3.05) is 20.6 Å². The van der Waals surface area contributed by atoms with E-state index in [1.165, 1.54) is 10.5 Å². The number of nitrogens with one attached hydrogen (secondary N) is 1. The molecular weight excluding hydrogens is 184 g/mol. The van der Waals surface area contributed by atoms with Gasteiger partial charge in [0.05, 0.1) is 14.1 Å². The summed E-state index contributed by atoms with van der Waals surface area (Å²) in [4.78, 5) is 1.40. The van der Waals surface area contributed by atoms with Crippen LogP contribution in [-0.4, -0.2) is 20.6 Å². The van der Waals surface area contributed by atoms with Crippen LogP contribution < -0.4 is 10.6 Å². The normalized spacial score (nSPS) is 13.3. The lowest BCUT2D eigenvalue weighted by molar-refractivity contribution is -0.899. The quantitative estimate of drug-likeness (QED) is 0.676. The predicted octanol–water partition coefficient (Wildman–Crippen LogP) is -0.232. The molecule has 72 valence electrons. The van der Waals surface area contributed by atoms with E-state index in [0.29, 0.717) is 6.04 Å². The summed E-state index contributed by atoms with van der Waals surface area (Å²) in [5.41, 5.74) is 5.26. The molecular formula is C10H17ClN2+2. The molecule has 0 saturated carbocycles. The molecule has 2 nitrogen and oxygen atoms in total. The van der Waals surface area contributed by atoms with E-state index < -0.39 is 0 Å². The van der Waals surface area contributed by atoms with Crippen molar-refractivity contribution in [2.24, 2.45) is 0 Å². The Balaban J connectivity index is 2.86. The Hall–Kier alpha value is -0.570. The molecule has 0 aliphatic rings. The zero-order valence-electron chi connectivity index (χ0n) is 8.18. The largest absolute Gasteiger partial charge is 0.352 e. The highest BCUT2D eigenvalue weighted by molar-refractivity contribution is 6.30. The Morgan fingerprint density at radius 3 is 2.23 bits per heavy atom. The summed E-state index contributed by atoms with van der Waals surface area (Å²) in [6.45, 7) is 0.907. The minimum absolute atomic E-state index is 0.470. The van der Waals surface area contributed by atoms with Gasteiger partial charge in [-0.3, -0.25) is 0 Å². The third-order valence-corrected chi connectivity index (χ3v) is 2.51. The van der Waals surface area contributed by atoms with Crippen LogP contribution >= 0.6 is 11.6 Å². The third kappa shape index (κ3) is 2.69. The van der Waals surface area contributed by atoms with Crippen LogP contribution in [0.3, 0.4) is 0 Å². The SMILES string of the molecule is C[NH+](C)[C@@H](C[NH3+])c1ccc(Cl)cc1. The van der Waals surface area contributed by atoms with Gasteiger partial charge in [-0.25, -0.2) is 0 Å². The molecule has 0 saturated heterocycles. The Kier molecular flexibility index (Phi) is 3.72. The second kappa shape index (κ2) is 4.61. The fourth-order valence-electron chi connectivity index (χ4n) is 1.48. The molecule has 0 spiro atoms. The van der Waals surface area contributed by atoms with E-state index in [9.17, 15) is 0 Å². The van der Waals surface area contributed by atoms with Crippen molar-refractivity contribution in [3.05, 3.63) is 34.9 Å². The Morgan fingerprint density at radius 1 is 1.31 bits per heavy atom. The average molecular weight is 201 g/mol. The smallest absolute Gasteiger partial charge is 0.162 e. The highest BCUT2D eigenvalue weighted by atomic mass is 35.5. The maximum absolute atomic E-state index is 5.82. The zero-order valence-corrected chi connectivity index (χ0v) is 8.93. The molecule has 0 unspecified atom stereocenters. The molecule has 1 atom stereocenters. The van der Waals surface area contributed by atoms with Crippen molar-refractivity contribution in [1.82, 2.24) is 0 Å². The molecule has 0 aromatic heterocycles. The Labute approximate surface area is 84.3 Å². The van der Waals surface area contributed by atoms with Crippen LogP contribution in [0.2, 0.25) is 5.02 Å². The molecule has 0 fully saturated rings. The minimum Gasteiger partial charge on any atom is -0.352 e. The lowest BCUT2D eigenvalue weighted by Crippen LogP contribution is -3.07. The molecule has 0 radical (unpaired) electrons. The van der Waals surface area contributed by atoms with E-state index in [4.69, 9.17) is 11.6 Å². The van der Waals surface area contributed by atoms with E-state index in [1.54, 1.807) is 0 Å². The van der Waals surface area contributed by atoms with Gasteiger partial charge in [-0.15, -0.1) is 0 Å². The predicted molar refractivity (Wildman–Crippen MR) is 54.8 cm³/mol. The van der Waals surface area contributed by atoms with Crippen LogP contribution in [0.5, 0.6) is 0 Å². The number of quaternary nitrogens is 2. The van der Waals surface area contributed by atoms with Crippen LogP contribution in [-0.2, 0) is 0 Å². The summed E-state index contributed by atoms with van der Waals surface area (Å²) >= 11 is 5.82. The maximum atomic E-state index is 5.82. The summed E-state index contributed by atoms with van der Waals surface area (Å²) in [5.74, 6) is 0. The molecule has 0 heterocycles. The van der Waals surface area contributed by atoms with Crippen LogP contribution in [0.15, 0.2) is 24.3 Å². The van der Waals surface area contributed by atoms with E-state index in [2.05, 4.69) is 32.0 Å². The van der Waals surface area contributed by atoms with Gasteiger partial charge >= 0.3 is 0 Å². The van der Waals surface area contributed by atoms with Gasteiger partial charge in [0, 0.05) is 10.6 Å². The van der Waals surface area contributed by atoms with Gasteiger partial charge in [0.25, 0.3) is 0 Å². The van der Waals surface area contributed by atoms with Gasteiger partial charge in [0.2, 0.25) is 0 Å². The van der Waals surface area contributed by atoms with Crippen LogP contribution in [0, 0.1) is 0 Å². The number of halogens is 1. The molecule has 13 heavy (non-hydrogen) atoms. The number of rotatable bonds is 3. The van der Waals surface area contributed by atoms with Gasteiger partial charge in [-0.1, -0.05) is 23.7 Å².